The number of ketones is 1. The van der Waals surface area contributed by atoms with Crippen LogP contribution in [0.5, 0.6) is 0 Å². The maximum Gasteiger partial charge on any atom is 0.196 e. The molecule has 1 atom stereocenters. The topological polar surface area (TPSA) is 72.3 Å². The van der Waals surface area contributed by atoms with E-state index in [1.165, 1.54) is 7.05 Å². The van der Waals surface area contributed by atoms with Crippen molar-refractivity contribution in [2.75, 3.05) is 12.8 Å². The number of anilines is 1. The molecule has 0 saturated heterocycles. The van der Waals surface area contributed by atoms with Crippen LogP contribution in [0.1, 0.15) is 10.4 Å². The molecule has 4 nitrogen and oxygen atoms in total. The van der Waals surface area contributed by atoms with Crippen molar-refractivity contribution >= 4 is 23.1 Å². The van der Waals surface area contributed by atoms with Gasteiger partial charge in [-0.2, -0.15) is 0 Å². The van der Waals surface area contributed by atoms with Crippen LogP contribution in [0.15, 0.2) is 24.3 Å². The van der Waals surface area contributed by atoms with Gasteiger partial charge in [0.1, 0.15) is 0 Å². The zero-order valence-electron chi connectivity index (χ0n) is 7.77. The normalized spacial score (nSPS) is 12.9. The van der Waals surface area contributed by atoms with Crippen LogP contribution in [0.2, 0.25) is 0 Å². The summed E-state index contributed by atoms with van der Waals surface area (Å²) in [4.78, 5) is 11.6. The van der Waals surface area contributed by atoms with Gasteiger partial charge >= 0.3 is 0 Å². The predicted octanol–water partition coefficient (Wildman–Crippen LogP) is 0.822. The minimum absolute atomic E-state index is 0.239. The van der Waals surface area contributed by atoms with E-state index in [-0.39, 0.29) is 5.78 Å². The molecule has 0 radical (unpaired) electrons. The minimum atomic E-state index is -0.848. The quantitative estimate of drug-likeness (QED) is 0.195. The van der Waals surface area contributed by atoms with Gasteiger partial charge in [0.05, 0.1) is 0 Å². The molecule has 14 heavy (non-hydrogen) atoms. The maximum atomic E-state index is 11.6. The number of rotatable bonds is 3. The number of hydrazine groups is 1. The monoisotopic (exact) mass is 213 g/mol. The molecule has 0 aliphatic rings. The number of Topliss-reactive ketones (excluding diaryl/α,β-unsaturated/α-hetero) is 1. The zero-order valence-corrected chi connectivity index (χ0v) is 8.53. The molecule has 1 aromatic rings. The highest BCUT2D eigenvalue weighted by atomic mass is 35.5. The van der Waals surface area contributed by atoms with Gasteiger partial charge in [-0.15, -0.1) is 0 Å². The third-order valence-electron chi connectivity index (χ3n) is 1.77. The maximum absolute atomic E-state index is 11.6. The van der Waals surface area contributed by atoms with Crippen LogP contribution >= 0.6 is 11.6 Å². The molecule has 0 fully saturated rings. The van der Waals surface area contributed by atoms with Gasteiger partial charge in [-0.1, -0.05) is 11.6 Å². The number of carbonyl (C=O) groups is 1. The fourth-order valence-corrected chi connectivity index (χ4v) is 1.10. The summed E-state index contributed by atoms with van der Waals surface area (Å²) in [5.41, 5.74) is 5.74. The Bertz CT molecular complexity index is 323. The highest BCUT2D eigenvalue weighted by Gasteiger charge is 2.19. The second kappa shape index (κ2) is 4.41. The summed E-state index contributed by atoms with van der Waals surface area (Å²) in [7, 11) is 1.53. The molecule has 1 rings (SSSR count). The first-order valence-electron chi connectivity index (χ1n) is 4.03. The Morgan fingerprint density at radius 2 is 1.93 bits per heavy atom. The lowest BCUT2D eigenvalue weighted by atomic mass is 10.1. The highest BCUT2D eigenvalue weighted by molar-refractivity contribution is 6.33. The number of halogens is 1. The standard InChI is InChI=1S/C9H12ClN3O/c1-13(12)9(10)8(14)6-2-4-7(11)5-3-6/h2-5,9H,11-12H2,1H3. The summed E-state index contributed by atoms with van der Waals surface area (Å²) in [6.45, 7) is 0. The highest BCUT2D eigenvalue weighted by Crippen LogP contribution is 2.11. The van der Waals surface area contributed by atoms with E-state index in [1.54, 1.807) is 24.3 Å². The predicted molar refractivity (Wildman–Crippen MR) is 56.8 cm³/mol. The van der Waals surface area contributed by atoms with Gasteiger partial charge in [0.15, 0.2) is 11.3 Å². The number of nitrogens with two attached hydrogens (primary N) is 2. The number of carbonyl (C=O) groups excluding carboxylic acids is 1. The molecule has 0 heterocycles. The lowest BCUT2D eigenvalue weighted by Crippen LogP contribution is -2.39. The van der Waals surface area contributed by atoms with Crippen LogP contribution in [0, 0.1) is 0 Å². The molecule has 0 saturated carbocycles. The Morgan fingerprint density at radius 3 is 2.36 bits per heavy atom. The van der Waals surface area contributed by atoms with Gasteiger partial charge in [0, 0.05) is 18.3 Å². The summed E-state index contributed by atoms with van der Waals surface area (Å²) in [5.74, 6) is 5.12. The molecular formula is C9H12ClN3O. The second-order valence-corrected chi connectivity index (χ2v) is 3.40. The Balaban J connectivity index is 2.84. The molecule has 0 aromatic heterocycles. The first-order valence-corrected chi connectivity index (χ1v) is 4.47. The number of likely N-dealkylation sites (N-methyl/N-ethyl adjacent to an activating group) is 1. The number of nitrogen functional groups attached to an aromatic ring is 1. The van der Waals surface area contributed by atoms with Crippen molar-refractivity contribution in [2.45, 2.75) is 5.50 Å². The van der Waals surface area contributed by atoms with Crippen molar-refractivity contribution in [3.05, 3.63) is 29.8 Å². The van der Waals surface area contributed by atoms with Crippen molar-refractivity contribution in [1.29, 1.82) is 0 Å². The van der Waals surface area contributed by atoms with Crippen LogP contribution in [-0.2, 0) is 0 Å². The molecular weight excluding hydrogens is 202 g/mol. The first kappa shape index (κ1) is 11.0. The zero-order chi connectivity index (χ0) is 10.7. The largest absolute Gasteiger partial charge is 0.399 e. The van der Waals surface area contributed by atoms with Gasteiger partial charge in [-0.3, -0.25) is 10.6 Å². The molecule has 0 amide bonds. The fraction of sp³-hybridized carbons (Fsp3) is 0.222. The van der Waals surface area contributed by atoms with E-state index >= 15 is 0 Å². The van der Waals surface area contributed by atoms with E-state index in [0.717, 1.165) is 5.01 Å². The average molecular weight is 214 g/mol. The van der Waals surface area contributed by atoms with E-state index < -0.39 is 5.50 Å². The Hall–Kier alpha value is -1.10. The lowest BCUT2D eigenvalue weighted by Gasteiger charge is -2.15. The molecule has 76 valence electrons. The number of benzene rings is 1. The summed E-state index contributed by atoms with van der Waals surface area (Å²) < 4.78 is 0. The number of alkyl halides is 1. The van der Waals surface area contributed by atoms with Gasteiger partial charge < -0.3 is 5.73 Å². The summed E-state index contributed by atoms with van der Waals surface area (Å²) in [5, 5.41) is 1.15. The van der Waals surface area contributed by atoms with E-state index in [9.17, 15) is 4.79 Å². The van der Waals surface area contributed by atoms with Crippen LogP contribution in [0.4, 0.5) is 5.69 Å². The van der Waals surface area contributed by atoms with Crippen molar-refractivity contribution in [3.8, 4) is 0 Å². The van der Waals surface area contributed by atoms with Crippen LogP contribution in [0.25, 0.3) is 0 Å². The molecule has 4 N–H and O–H groups in total. The number of nitrogens with zero attached hydrogens (tertiary/aromatic N) is 1. The van der Waals surface area contributed by atoms with E-state index in [0.29, 0.717) is 11.3 Å². The van der Waals surface area contributed by atoms with Crippen molar-refractivity contribution in [2.24, 2.45) is 5.84 Å². The lowest BCUT2D eigenvalue weighted by molar-refractivity contribution is 0.0919. The Morgan fingerprint density at radius 1 is 1.43 bits per heavy atom. The van der Waals surface area contributed by atoms with Crippen LogP contribution < -0.4 is 11.6 Å². The van der Waals surface area contributed by atoms with Crippen LogP contribution in [-0.4, -0.2) is 23.3 Å². The molecule has 0 aliphatic heterocycles. The van der Waals surface area contributed by atoms with Crippen molar-refractivity contribution in [1.82, 2.24) is 5.01 Å². The van der Waals surface area contributed by atoms with Crippen LogP contribution in [0.3, 0.4) is 0 Å². The third kappa shape index (κ3) is 2.45. The summed E-state index contributed by atoms with van der Waals surface area (Å²) >= 11 is 5.76. The molecule has 0 aliphatic carbocycles. The van der Waals surface area contributed by atoms with Gasteiger partial charge in [0.2, 0.25) is 0 Å². The van der Waals surface area contributed by atoms with E-state index in [4.69, 9.17) is 23.2 Å². The van der Waals surface area contributed by atoms with Gasteiger partial charge in [0.25, 0.3) is 0 Å². The minimum Gasteiger partial charge on any atom is -0.399 e. The number of hydrogen-bond donors (Lipinski definition) is 2. The second-order valence-electron chi connectivity index (χ2n) is 2.99. The van der Waals surface area contributed by atoms with Crippen molar-refractivity contribution in [3.63, 3.8) is 0 Å². The number of hydrogen-bond acceptors (Lipinski definition) is 4. The van der Waals surface area contributed by atoms with Gasteiger partial charge in [-0.05, 0) is 24.3 Å². The Labute approximate surface area is 87.4 Å². The molecule has 5 heteroatoms. The molecule has 0 spiro atoms. The van der Waals surface area contributed by atoms with Gasteiger partial charge in [-0.25, -0.2) is 5.01 Å². The molecule has 0 bridgehead atoms. The van der Waals surface area contributed by atoms with E-state index in [1.807, 2.05) is 0 Å². The SMILES string of the molecule is CN(N)C(Cl)C(=O)c1ccc(N)cc1. The fourth-order valence-electron chi connectivity index (χ4n) is 0.970. The molecule has 1 unspecified atom stereocenters. The summed E-state index contributed by atoms with van der Waals surface area (Å²) in [6, 6.07) is 6.54. The van der Waals surface area contributed by atoms with Crippen molar-refractivity contribution < 1.29 is 4.79 Å². The Kier molecular flexibility index (Phi) is 3.46. The first-order chi connectivity index (χ1) is 6.52. The smallest absolute Gasteiger partial charge is 0.196 e. The average Bonchev–Trinajstić information content (AvgIpc) is 2.16. The molecule has 1 aromatic carbocycles. The third-order valence-corrected chi connectivity index (χ3v) is 2.28. The summed E-state index contributed by atoms with van der Waals surface area (Å²) in [6.07, 6.45) is 0. The van der Waals surface area contributed by atoms with E-state index in [2.05, 4.69) is 0 Å².